The van der Waals surface area contributed by atoms with Gasteiger partial charge in [0.2, 0.25) is 0 Å². The van der Waals surface area contributed by atoms with Crippen molar-refractivity contribution in [1.29, 1.82) is 0 Å². The standard InChI is InChI=1S/C22H21FN4O3S/c1-4-19(22(28)25-12-15-10-18(13-24-11-15)31(3,29)30)20-14-26-27(21(20)5-2)17-8-6-16(23)7-9-17/h4-11,13-14H,2,12H2,1,3H3,(H,25,28)/b19-4+. The van der Waals surface area contributed by atoms with E-state index in [-0.39, 0.29) is 23.2 Å². The van der Waals surface area contributed by atoms with Crippen molar-refractivity contribution in [2.75, 3.05) is 6.26 Å². The van der Waals surface area contributed by atoms with Crippen molar-refractivity contribution in [3.8, 4) is 5.69 Å². The Labute approximate surface area is 179 Å². The van der Waals surface area contributed by atoms with Gasteiger partial charge in [0.15, 0.2) is 9.84 Å². The number of allylic oxidation sites excluding steroid dienone is 1. The van der Waals surface area contributed by atoms with Gasteiger partial charge < -0.3 is 5.32 Å². The van der Waals surface area contributed by atoms with Gasteiger partial charge in [-0.1, -0.05) is 12.7 Å². The number of benzene rings is 1. The summed E-state index contributed by atoms with van der Waals surface area (Å²) in [6.45, 7) is 5.64. The van der Waals surface area contributed by atoms with Crippen LogP contribution in [-0.2, 0) is 21.2 Å². The molecule has 0 unspecified atom stereocenters. The number of hydrogen-bond acceptors (Lipinski definition) is 5. The van der Waals surface area contributed by atoms with Crippen molar-refractivity contribution in [3.05, 3.63) is 84.2 Å². The molecule has 9 heteroatoms. The van der Waals surface area contributed by atoms with E-state index in [9.17, 15) is 17.6 Å². The van der Waals surface area contributed by atoms with Gasteiger partial charge in [-0.25, -0.2) is 17.5 Å². The van der Waals surface area contributed by atoms with Gasteiger partial charge >= 0.3 is 0 Å². The van der Waals surface area contributed by atoms with Crippen LogP contribution >= 0.6 is 0 Å². The first-order chi connectivity index (χ1) is 14.7. The molecule has 160 valence electrons. The topological polar surface area (TPSA) is 93.9 Å². The second kappa shape index (κ2) is 9.05. The molecule has 0 aliphatic rings. The third-order valence-electron chi connectivity index (χ3n) is 4.55. The molecule has 0 fully saturated rings. The molecule has 0 saturated heterocycles. The van der Waals surface area contributed by atoms with E-state index in [0.29, 0.717) is 28.1 Å². The maximum Gasteiger partial charge on any atom is 0.251 e. The van der Waals surface area contributed by atoms with Gasteiger partial charge in [0.05, 0.1) is 22.5 Å². The third kappa shape index (κ3) is 4.95. The number of sulfone groups is 1. The molecule has 0 aliphatic heterocycles. The minimum Gasteiger partial charge on any atom is -0.348 e. The van der Waals surface area contributed by atoms with E-state index in [1.807, 2.05) is 0 Å². The maximum absolute atomic E-state index is 13.2. The molecule has 1 aromatic carbocycles. The number of pyridine rings is 1. The molecule has 0 spiro atoms. The van der Waals surface area contributed by atoms with Gasteiger partial charge in [0, 0.05) is 36.3 Å². The Kier molecular flexibility index (Phi) is 6.45. The highest BCUT2D eigenvalue weighted by atomic mass is 32.2. The average Bonchev–Trinajstić information content (AvgIpc) is 3.16. The maximum atomic E-state index is 13.2. The highest BCUT2D eigenvalue weighted by molar-refractivity contribution is 7.90. The second-order valence-electron chi connectivity index (χ2n) is 6.72. The van der Waals surface area contributed by atoms with Crippen LogP contribution in [0.3, 0.4) is 0 Å². The third-order valence-corrected chi connectivity index (χ3v) is 5.63. The zero-order chi connectivity index (χ0) is 22.6. The van der Waals surface area contributed by atoms with Crippen molar-refractivity contribution in [2.24, 2.45) is 0 Å². The van der Waals surface area contributed by atoms with Crippen molar-refractivity contribution < 1.29 is 17.6 Å². The van der Waals surface area contributed by atoms with Crippen LogP contribution in [0.4, 0.5) is 4.39 Å². The summed E-state index contributed by atoms with van der Waals surface area (Å²) in [6, 6.07) is 7.28. The van der Waals surface area contributed by atoms with Crippen LogP contribution in [0, 0.1) is 5.82 Å². The van der Waals surface area contributed by atoms with Gasteiger partial charge in [-0.05, 0) is 48.9 Å². The monoisotopic (exact) mass is 440 g/mol. The van der Waals surface area contributed by atoms with Gasteiger partial charge in [0.1, 0.15) is 5.82 Å². The summed E-state index contributed by atoms with van der Waals surface area (Å²) >= 11 is 0. The number of nitrogens with one attached hydrogen (secondary N) is 1. The summed E-state index contributed by atoms with van der Waals surface area (Å²) < 4.78 is 38.2. The van der Waals surface area contributed by atoms with Crippen molar-refractivity contribution in [3.63, 3.8) is 0 Å². The summed E-state index contributed by atoms with van der Waals surface area (Å²) in [5, 5.41) is 7.09. The molecule has 0 bridgehead atoms. The van der Waals surface area contributed by atoms with E-state index in [1.165, 1.54) is 30.6 Å². The molecule has 31 heavy (non-hydrogen) atoms. The van der Waals surface area contributed by atoms with Crippen molar-refractivity contribution in [2.45, 2.75) is 18.4 Å². The molecule has 0 radical (unpaired) electrons. The first-order valence-electron chi connectivity index (χ1n) is 9.30. The summed E-state index contributed by atoms with van der Waals surface area (Å²) in [6.07, 6.45) is 8.62. The van der Waals surface area contributed by atoms with Crippen LogP contribution in [0.15, 0.2) is 66.5 Å². The predicted molar refractivity (Wildman–Crippen MR) is 116 cm³/mol. The number of rotatable bonds is 7. The lowest BCUT2D eigenvalue weighted by molar-refractivity contribution is -0.115. The molecule has 0 saturated carbocycles. The highest BCUT2D eigenvalue weighted by Crippen LogP contribution is 2.24. The molecule has 2 aromatic heterocycles. The minimum absolute atomic E-state index is 0.0834. The minimum atomic E-state index is -3.40. The number of amides is 1. The predicted octanol–water partition coefficient (Wildman–Crippen LogP) is 3.17. The molecule has 3 aromatic rings. The van der Waals surface area contributed by atoms with E-state index < -0.39 is 9.84 Å². The second-order valence-corrected chi connectivity index (χ2v) is 8.74. The molecule has 3 rings (SSSR count). The molecular formula is C22H21FN4O3S. The summed E-state index contributed by atoms with van der Waals surface area (Å²) in [4.78, 5) is 16.9. The smallest absolute Gasteiger partial charge is 0.251 e. The highest BCUT2D eigenvalue weighted by Gasteiger charge is 2.19. The number of carbonyl (C=O) groups excluding carboxylic acids is 1. The largest absolute Gasteiger partial charge is 0.348 e. The van der Waals surface area contributed by atoms with Crippen molar-refractivity contribution in [1.82, 2.24) is 20.1 Å². The van der Waals surface area contributed by atoms with Crippen LogP contribution < -0.4 is 5.32 Å². The number of hydrogen-bond donors (Lipinski definition) is 1. The normalized spacial score (nSPS) is 11.9. The van der Waals surface area contributed by atoms with E-state index in [0.717, 1.165) is 6.26 Å². The van der Waals surface area contributed by atoms with E-state index >= 15 is 0 Å². The lowest BCUT2D eigenvalue weighted by Crippen LogP contribution is -2.24. The van der Waals surface area contributed by atoms with Gasteiger partial charge in [-0.15, -0.1) is 0 Å². The van der Waals surface area contributed by atoms with Crippen LogP contribution in [0.1, 0.15) is 23.7 Å². The van der Waals surface area contributed by atoms with Crippen LogP contribution in [0.2, 0.25) is 0 Å². The first-order valence-corrected chi connectivity index (χ1v) is 11.2. The molecule has 0 aliphatic carbocycles. The number of carbonyl (C=O) groups is 1. The number of nitrogens with zero attached hydrogens (tertiary/aromatic N) is 3. The molecule has 1 N–H and O–H groups in total. The summed E-state index contributed by atoms with van der Waals surface area (Å²) in [7, 11) is -3.40. The molecule has 0 atom stereocenters. The van der Waals surface area contributed by atoms with Crippen LogP contribution in [0.25, 0.3) is 17.3 Å². The zero-order valence-corrected chi connectivity index (χ0v) is 17.9. The van der Waals surface area contributed by atoms with Gasteiger partial charge in [-0.3, -0.25) is 9.78 Å². The van der Waals surface area contributed by atoms with E-state index in [2.05, 4.69) is 22.0 Å². The fourth-order valence-electron chi connectivity index (χ4n) is 3.00. The fourth-order valence-corrected chi connectivity index (χ4v) is 3.62. The molecule has 2 heterocycles. The Bertz CT molecular complexity index is 1260. The molecule has 7 nitrogen and oxygen atoms in total. The lowest BCUT2D eigenvalue weighted by Gasteiger charge is -2.10. The first kappa shape index (κ1) is 22.1. The molecular weight excluding hydrogens is 419 g/mol. The average molecular weight is 441 g/mol. The number of halogens is 1. The zero-order valence-electron chi connectivity index (χ0n) is 17.0. The fraction of sp³-hybridized carbons (Fsp3) is 0.136. The van der Waals surface area contributed by atoms with Gasteiger partial charge in [0.25, 0.3) is 5.91 Å². The SMILES string of the molecule is C=Cc1c(/C(=C\C)C(=O)NCc2cncc(S(C)(=O)=O)c2)cnn1-c1ccc(F)cc1. The van der Waals surface area contributed by atoms with E-state index in [4.69, 9.17) is 0 Å². The van der Waals surface area contributed by atoms with Crippen LogP contribution in [0.5, 0.6) is 0 Å². The lowest BCUT2D eigenvalue weighted by atomic mass is 10.1. The van der Waals surface area contributed by atoms with Gasteiger partial charge in [-0.2, -0.15) is 5.10 Å². The Morgan fingerprint density at radius 2 is 1.94 bits per heavy atom. The van der Waals surface area contributed by atoms with Crippen LogP contribution in [-0.4, -0.2) is 35.3 Å². The number of aromatic nitrogens is 3. The Morgan fingerprint density at radius 3 is 2.55 bits per heavy atom. The molecule has 1 amide bonds. The Morgan fingerprint density at radius 1 is 1.23 bits per heavy atom. The van der Waals surface area contributed by atoms with Crippen molar-refractivity contribution >= 4 is 27.4 Å². The Balaban J connectivity index is 1.83. The van der Waals surface area contributed by atoms with E-state index in [1.54, 1.807) is 42.1 Å². The quantitative estimate of drug-likeness (QED) is 0.570. The summed E-state index contributed by atoms with van der Waals surface area (Å²) in [5.74, 6) is -0.728. The summed E-state index contributed by atoms with van der Waals surface area (Å²) in [5.41, 5.74) is 2.69. The Hall–Kier alpha value is -3.59.